The van der Waals surface area contributed by atoms with Gasteiger partial charge in [-0.2, -0.15) is 9.79 Å². The zero-order valence-corrected chi connectivity index (χ0v) is 20.2. The van der Waals surface area contributed by atoms with E-state index in [1.807, 2.05) is 0 Å². The van der Waals surface area contributed by atoms with Crippen LogP contribution in [0.2, 0.25) is 10.0 Å². The molecule has 11 heteroatoms. The molecule has 0 spiro atoms. The largest absolute Gasteiger partial charge is 0.444 e. The second-order valence-electron chi connectivity index (χ2n) is 9.02. The Bertz CT molecular complexity index is 935. The van der Waals surface area contributed by atoms with Gasteiger partial charge in [0.1, 0.15) is 5.60 Å². The smallest absolute Gasteiger partial charge is 0.410 e. The number of nitrogens with one attached hydrogen (secondary N) is 1. The van der Waals surface area contributed by atoms with E-state index < -0.39 is 33.8 Å². The van der Waals surface area contributed by atoms with E-state index in [-0.39, 0.29) is 12.3 Å². The Labute approximate surface area is 193 Å². The summed E-state index contributed by atoms with van der Waals surface area (Å²) in [7, 11) is -3.73. The average molecular weight is 494 g/mol. The second-order valence-corrected chi connectivity index (χ2v) is 11.8. The van der Waals surface area contributed by atoms with Crippen molar-refractivity contribution in [3.05, 3.63) is 33.3 Å². The van der Waals surface area contributed by atoms with Crippen molar-refractivity contribution in [3.8, 4) is 0 Å². The number of amides is 1. The number of fused-ring (bicyclic) bond motifs is 1. The predicted octanol–water partition coefficient (Wildman–Crippen LogP) is 3.43. The van der Waals surface area contributed by atoms with E-state index in [0.29, 0.717) is 42.4 Å². The fourth-order valence-electron chi connectivity index (χ4n) is 4.09. The zero-order chi connectivity index (χ0) is 23.0. The van der Waals surface area contributed by atoms with Crippen molar-refractivity contribution in [3.63, 3.8) is 0 Å². The number of halogens is 2. The van der Waals surface area contributed by atoms with Crippen molar-refractivity contribution in [2.45, 2.75) is 64.3 Å². The van der Waals surface area contributed by atoms with Crippen LogP contribution < -0.4 is 5.48 Å². The highest BCUT2D eigenvalue weighted by molar-refractivity contribution is 7.89. The van der Waals surface area contributed by atoms with E-state index in [0.717, 1.165) is 11.1 Å². The van der Waals surface area contributed by atoms with Crippen LogP contribution in [0, 0.1) is 0 Å². The van der Waals surface area contributed by atoms with Crippen LogP contribution in [0.3, 0.4) is 0 Å². The number of carbonyl (C=O) groups is 1. The summed E-state index contributed by atoms with van der Waals surface area (Å²) in [6.07, 6.45) is 1.30. The molecular formula is C20H29Cl2N3O5S. The van der Waals surface area contributed by atoms with Crippen LogP contribution in [0.1, 0.15) is 44.7 Å². The molecule has 31 heavy (non-hydrogen) atoms. The quantitative estimate of drug-likeness (QED) is 0.609. The third-order valence-electron chi connectivity index (χ3n) is 5.56. The van der Waals surface area contributed by atoms with Gasteiger partial charge in [-0.3, -0.25) is 0 Å². The number of carbonyl (C=O) groups excluding carboxylic acids is 1. The van der Waals surface area contributed by atoms with Crippen molar-refractivity contribution in [1.29, 1.82) is 0 Å². The maximum Gasteiger partial charge on any atom is 0.410 e. The highest BCUT2D eigenvalue weighted by Gasteiger charge is 2.40. The number of rotatable bonds is 5. The van der Waals surface area contributed by atoms with Crippen LogP contribution in [-0.2, 0) is 27.7 Å². The molecule has 0 aromatic heterocycles. The number of likely N-dealkylation sites (tertiary alicyclic amines) is 1. The molecule has 8 nitrogen and oxygen atoms in total. The third kappa shape index (κ3) is 5.83. The minimum absolute atomic E-state index is 0.188. The van der Waals surface area contributed by atoms with Crippen molar-refractivity contribution in [2.24, 2.45) is 0 Å². The molecule has 1 aromatic carbocycles. The van der Waals surface area contributed by atoms with Gasteiger partial charge in [0, 0.05) is 19.6 Å². The molecule has 0 radical (unpaired) electrons. The maximum atomic E-state index is 13.2. The Kier molecular flexibility index (Phi) is 7.45. The lowest BCUT2D eigenvalue weighted by Crippen LogP contribution is -2.54. The highest BCUT2D eigenvalue weighted by atomic mass is 35.5. The third-order valence-corrected chi connectivity index (χ3v) is 8.16. The zero-order valence-electron chi connectivity index (χ0n) is 17.9. The Morgan fingerprint density at radius 2 is 1.90 bits per heavy atom. The van der Waals surface area contributed by atoms with Gasteiger partial charge in [0.2, 0.25) is 10.0 Å². The van der Waals surface area contributed by atoms with Gasteiger partial charge in [-0.25, -0.2) is 13.2 Å². The topological polar surface area (TPSA) is 99.2 Å². The molecule has 2 heterocycles. The Morgan fingerprint density at radius 3 is 2.52 bits per heavy atom. The van der Waals surface area contributed by atoms with Crippen molar-refractivity contribution in [1.82, 2.24) is 14.7 Å². The molecule has 0 saturated carbocycles. The van der Waals surface area contributed by atoms with E-state index in [4.69, 9.17) is 27.9 Å². The summed E-state index contributed by atoms with van der Waals surface area (Å²) in [5, 5.41) is 10.6. The molecule has 174 valence electrons. The van der Waals surface area contributed by atoms with Crippen LogP contribution in [0.4, 0.5) is 4.79 Å². The molecule has 2 aliphatic rings. The van der Waals surface area contributed by atoms with E-state index in [2.05, 4.69) is 5.48 Å². The van der Waals surface area contributed by atoms with Gasteiger partial charge in [-0.15, -0.1) is 0 Å². The minimum atomic E-state index is -3.73. The second kappa shape index (κ2) is 9.41. The SMILES string of the molecule is CC(C)(C)OC(=O)N1CCCC1C(CS(=O)(=O)N1CCc2cc(Cl)c(Cl)cc2C1)NO. The number of nitrogens with zero attached hydrogens (tertiary/aromatic N) is 2. The monoisotopic (exact) mass is 493 g/mol. The number of benzene rings is 1. The fraction of sp³-hybridized carbons (Fsp3) is 0.650. The van der Waals surface area contributed by atoms with Crippen LogP contribution in [0.25, 0.3) is 0 Å². The average Bonchev–Trinajstić information content (AvgIpc) is 3.15. The van der Waals surface area contributed by atoms with Gasteiger partial charge >= 0.3 is 6.09 Å². The van der Waals surface area contributed by atoms with E-state index in [1.165, 1.54) is 9.21 Å². The Balaban J connectivity index is 1.73. The molecule has 2 aliphatic heterocycles. The fourth-order valence-corrected chi connectivity index (χ4v) is 6.12. The lowest BCUT2D eigenvalue weighted by Gasteiger charge is -2.34. The number of hydroxylamine groups is 1. The maximum absolute atomic E-state index is 13.2. The van der Waals surface area contributed by atoms with E-state index >= 15 is 0 Å². The molecule has 3 rings (SSSR count). The first-order chi connectivity index (χ1) is 14.4. The predicted molar refractivity (Wildman–Crippen MR) is 119 cm³/mol. The molecular weight excluding hydrogens is 465 g/mol. The van der Waals surface area contributed by atoms with Crippen LogP contribution in [0.15, 0.2) is 12.1 Å². The normalized spacial score (nSPS) is 21.1. The lowest BCUT2D eigenvalue weighted by atomic mass is 10.0. The first-order valence-corrected chi connectivity index (χ1v) is 12.6. The summed E-state index contributed by atoms with van der Waals surface area (Å²) in [5.41, 5.74) is 3.26. The molecule has 1 amide bonds. The van der Waals surface area contributed by atoms with Crippen LogP contribution in [0.5, 0.6) is 0 Å². The Morgan fingerprint density at radius 1 is 1.26 bits per heavy atom. The summed E-state index contributed by atoms with van der Waals surface area (Å²) >= 11 is 12.2. The molecule has 0 bridgehead atoms. The molecule has 2 N–H and O–H groups in total. The first-order valence-electron chi connectivity index (χ1n) is 10.2. The number of hydrogen-bond acceptors (Lipinski definition) is 6. The van der Waals surface area contributed by atoms with Crippen LogP contribution >= 0.6 is 23.2 Å². The van der Waals surface area contributed by atoms with E-state index in [9.17, 15) is 18.4 Å². The van der Waals surface area contributed by atoms with Gasteiger partial charge < -0.3 is 14.8 Å². The summed E-state index contributed by atoms with van der Waals surface area (Å²) < 4.78 is 33.2. The van der Waals surface area contributed by atoms with Gasteiger partial charge in [0.25, 0.3) is 0 Å². The van der Waals surface area contributed by atoms with Crippen molar-refractivity contribution < 1.29 is 23.2 Å². The molecule has 1 saturated heterocycles. The van der Waals surface area contributed by atoms with Crippen LogP contribution in [-0.4, -0.2) is 65.5 Å². The lowest BCUT2D eigenvalue weighted by molar-refractivity contribution is 0.0133. The summed E-state index contributed by atoms with van der Waals surface area (Å²) in [6.45, 7) is 6.27. The standard InChI is InChI=1S/C20H29Cl2N3O5S/c1-20(2,3)30-19(26)25-7-4-5-18(25)17(23-27)12-31(28,29)24-8-6-13-9-15(21)16(22)10-14(13)11-24/h9-10,17-18,23,27H,4-8,11-12H2,1-3H3. The Hall–Kier alpha value is -1.10. The number of hydrogen-bond donors (Lipinski definition) is 2. The summed E-state index contributed by atoms with van der Waals surface area (Å²) in [4.78, 5) is 14.1. The molecule has 2 unspecified atom stereocenters. The van der Waals surface area contributed by atoms with Gasteiger partial charge in [0.05, 0.1) is 27.9 Å². The molecule has 1 fully saturated rings. The minimum Gasteiger partial charge on any atom is -0.444 e. The van der Waals surface area contributed by atoms with Crippen molar-refractivity contribution in [2.75, 3.05) is 18.8 Å². The summed E-state index contributed by atoms with van der Waals surface area (Å²) in [6, 6.07) is 2.15. The van der Waals surface area contributed by atoms with Gasteiger partial charge in [-0.1, -0.05) is 23.2 Å². The van der Waals surface area contributed by atoms with E-state index in [1.54, 1.807) is 32.9 Å². The number of sulfonamides is 1. The highest BCUT2D eigenvalue weighted by Crippen LogP contribution is 2.31. The first kappa shape index (κ1) is 24.5. The number of ether oxygens (including phenoxy) is 1. The molecule has 0 aliphatic carbocycles. The molecule has 1 aromatic rings. The summed E-state index contributed by atoms with van der Waals surface area (Å²) in [5.74, 6) is -0.343. The van der Waals surface area contributed by atoms with Gasteiger partial charge in [0.15, 0.2) is 0 Å². The van der Waals surface area contributed by atoms with Crippen molar-refractivity contribution >= 4 is 39.3 Å². The van der Waals surface area contributed by atoms with Gasteiger partial charge in [-0.05, 0) is 63.3 Å². The molecule has 2 atom stereocenters.